The van der Waals surface area contributed by atoms with Crippen LogP contribution in [-0.2, 0) is 4.79 Å². The average molecular weight is 310 g/mol. The number of thioether (sulfide) groups is 1. The molecule has 2 fully saturated rings. The van der Waals surface area contributed by atoms with Gasteiger partial charge in [0.1, 0.15) is 0 Å². The zero-order valence-electron chi connectivity index (χ0n) is 12.4. The quantitative estimate of drug-likeness (QED) is 0.842. The summed E-state index contributed by atoms with van der Waals surface area (Å²) in [5, 5.41) is 7.17. The molecule has 1 heterocycles. The summed E-state index contributed by atoms with van der Waals surface area (Å²) in [6, 6.07) is 0.668. The Morgan fingerprint density at radius 2 is 2.05 bits per heavy atom. The zero-order valence-corrected chi connectivity index (χ0v) is 13.2. The fraction of sp³-hybridized carbons (Fsp3) is 0.786. The third-order valence-corrected chi connectivity index (χ3v) is 5.36. The first kappa shape index (κ1) is 14.7. The Morgan fingerprint density at radius 3 is 2.71 bits per heavy atom. The van der Waals surface area contributed by atoms with Crippen LogP contribution in [0.5, 0.6) is 0 Å². The van der Waals surface area contributed by atoms with Gasteiger partial charge in [-0.15, -0.1) is 5.10 Å². The SMILES string of the molecule is CN(C(=O)CSc1n[nH]c(=O)n1C1CC1)C1CCCCC1. The Bertz CT molecular complexity index is 558. The van der Waals surface area contributed by atoms with Crippen molar-refractivity contribution in [3.8, 4) is 0 Å². The van der Waals surface area contributed by atoms with Crippen LogP contribution in [0.15, 0.2) is 9.95 Å². The number of amides is 1. The van der Waals surface area contributed by atoms with Gasteiger partial charge in [0.2, 0.25) is 5.91 Å². The second-order valence-electron chi connectivity index (χ2n) is 6.00. The number of hydrogen-bond donors (Lipinski definition) is 1. The van der Waals surface area contributed by atoms with E-state index in [-0.39, 0.29) is 17.6 Å². The van der Waals surface area contributed by atoms with Crippen molar-refractivity contribution < 1.29 is 4.79 Å². The maximum Gasteiger partial charge on any atom is 0.344 e. The van der Waals surface area contributed by atoms with E-state index in [9.17, 15) is 9.59 Å². The highest BCUT2D eigenvalue weighted by Crippen LogP contribution is 2.36. The van der Waals surface area contributed by atoms with Crippen molar-refractivity contribution >= 4 is 17.7 Å². The molecule has 0 unspecified atom stereocenters. The largest absolute Gasteiger partial charge is 0.344 e. The Hall–Kier alpha value is -1.24. The predicted octanol–water partition coefficient (Wildman–Crippen LogP) is 1.79. The first-order valence-electron chi connectivity index (χ1n) is 7.72. The lowest BCUT2D eigenvalue weighted by Gasteiger charge is -2.31. The predicted molar refractivity (Wildman–Crippen MR) is 81.5 cm³/mol. The van der Waals surface area contributed by atoms with Crippen LogP contribution in [0.25, 0.3) is 0 Å². The number of rotatable bonds is 5. The van der Waals surface area contributed by atoms with Crippen LogP contribution in [0.2, 0.25) is 0 Å². The van der Waals surface area contributed by atoms with E-state index >= 15 is 0 Å². The Morgan fingerprint density at radius 1 is 1.33 bits per heavy atom. The molecule has 1 N–H and O–H groups in total. The molecule has 21 heavy (non-hydrogen) atoms. The zero-order chi connectivity index (χ0) is 14.8. The van der Waals surface area contributed by atoms with Crippen LogP contribution < -0.4 is 5.69 Å². The molecule has 7 heteroatoms. The molecule has 0 spiro atoms. The molecule has 0 atom stereocenters. The van der Waals surface area contributed by atoms with E-state index in [4.69, 9.17) is 0 Å². The summed E-state index contributed by atoms with van der Waals surface area (Å²) < 4.78 is 1.69. The van der Waals surface area contributed by atoms with Gasteiger partial charge < -0.3 is 4.90 Å². The number of carbonyl (C=O) groups is 1. The maximum atomic E-state index is 12.3. The lowest BCUT2D eigenvalue weighted by Crippen LogP contribution is -2.39. The molecule has 2 aliphatic carbocycles. The van der Waals surface area contributed by atoms with Gasteiger partial charge in [0.05, 0.1) is 5.75 Å². The highest BCUT2D eigenvalue weighted by atomic mass is 32.2. The minimum Gasteiger partial charge on any atom is -0.342 e. The lowest BCUT2D eigenvalue weighted by molar-refractivity contribution is -0.129. The standard InChI is InChI=1S/C14H22N4O2S/c1-17(10-5-3-2-4-6-10)12(19)9-21-14-16-15-13(20)18(14)11-7-8-11/h10-11H,2-9H2,1H3,(H,15,20). The molecule has 1 aromatic rings. The molecule has 0 bridgehead atoms. The molecule has 2 saturated carbocycles. The topological polar surface area (TPSA) is 71.0 Å². The summed E-state index contributed by atoms with van der Waals surface area (Å²) in [7, 11) is 1.90. The van der Waals surface area contributed by atoms with E-state index in [1.165, 1.54) is 31.0 Å². The third kappa shape index (κ3) is 3.33. The molecule has 1 amide bonds. The minimum absolute atomic E-state index is 0.129. The van der Waals surface area contributed by atoms with Crippen LogP contribution >= 0.6 is 11.8 Å². The van der Waals surface area contributed by atoms with Gasteiger partial charge in [-0.05, 0) is 25.7 Å². The summed E-state index contributed by atoms with van der Waals surface area (Å²) in [6.07, 6.45) is 8.01. The monoisotopic (exact) mass is 310 g/mol. The number of aromatic amines is 1. The fourth-order valence-electron chi connectivity index (χ4n) is 2.95. The summed E-state index contributed by atoms with van der Waals surface area (Å²) >= 11 is 1.37. The number of carbonyl (C=O) groups excluding carboxylic acids is 1. The molecular weight excluding hydrogens is 288 g/mol. The third-order valence-electron chi connectivity index (χ3n) is 4.42. The summed E-state index contributed by atoms with van der Waals surface area (Å²) in [5.41, 5.74) is -0.159. The van der Waals surface area contributed by atoms with Crippen LogP contribution in [-0.4, -0.2) is 44.4 Å². The second kappa shape index (κ2) is 6.25. The van der Waals surface area contributed by atoms with Gasteiger partial charge >= 0.3 is 5.69 Å². The van der Waals surface area contributed by atoms with E-state index in [1.54, 1.807) is 4.57 Å². The van der Waals surface area contributed by atoms with Gasteiger partial charge in [-0.25, -0.2) is 9.89 Å². The first-order chi connectivity index (χ1) is 10.2. The van der Waals surface area contributed by atoms with Crippen molar-refractivity contribution in [2.75, 3.05) is 12.8 Å². The highest BCUT2D eigenvalue weighted by Gasteiger charge is 2.29. The molecule has 6 nitrogen and oxygen atoms in total. The summed E-state index contributed by atoms with van der Waals surface area (Å²) in [5.74, 6) is 0.481. The highest BCUT2D eigenvalue weighted by molar-refractivity contribution is 7.99. The van der Waals surface area contributed by atoms with Crippen LogP contribution in [0.1, 0.15) is 51.0 Å². The maximum absolute atomic E-state index is 12.3. The molecule has 2 aliphatic rings. The van der Waals surface area contributed by atoms with Crippen LogP contribution in [0, 0.1) is 0 Å². The van der Waals surface area contributed by atoms with Gasteiger partial charge in [-0.2, -0.15) is 0 Å². The average Bonchev–Trinajstić information content (AvgIpc) is 3.28. The summed E-state index contributed by atoms with van der Waals surface area (Å²) in [4.78, 5) is 25.9. The molecule has 0 radical (unpaired) electrons. The van der Waals surface area contributed by atoms with E-state index in [0.717, 1.165) is 25.7 Å². The molecule has 0 aromatic carbocycles. The van der Waals surface area contributed by atoms with Gasteiger partial charge in [0, 0.05) is 19.1 Å². The lowest BCUT2D eigenvalue weighted by atomic mass is 9.94. The van der Waals surface area contributed by atoms with E-state index < -0.39 is 0 Å². The van der Waals surface area contributed by atoms with Gasteiger partial charge in [-0.1, -0.05) is 31.0 Å². The Kier molecular flexibility index (Phi) is 4.37. The van der Waals surface area contributed by atoms with E-state index in [1.807, 2.05) is 11.9 Å². The minimum atomic E-state index is -0.159. The van der Waals surface area contributed by atoms with Crippen molar-refractivity contribution in [2.45, 2.75) is 62.2 Å². The van der Waals surface area contributed by atoms with Gasteiger partial charge in [-0.3, -0.25) is 9.36 Å². The summed E-state index contributed by atoms with van der Waals surface area (Å²) in [6.45, 7) is 0. The van der Waals surface area contributed by atoms with Crippen molar-refractivity contribution in [3.63, 3.8) is 0 Å². The number of nitrogens with zero attached hydrogens (tertiary/aromatic N) is 3. The van der Waals surface area contributed by atoms with Gasteiger partial charge in [0.25, 0.3) is 0 Å². The van der Waals surface area contributed by atoms with Crippen LogP contribution in [0.4, 0.5) is 0 Å². The van der Waals surface area contributed by atoms with E-state index in [2.05, 4.69) is 10.2 Å². The molecule has 1 aromatic heterocycles. The second-order valence-corrected chi connectivity index (χ2v) is 6.94. The normalized spacial score (nSPS) is 19.7. The fourth-order valence-corrected chi connectivity index (χ4v) is 3.88. The van der Waals surface area contributed by atoms with E-state index in [0.29, 0.717) is 17.0 Å². The molecule has 0 aliphatic heterocycles. The van der Waals surface area contributed by atoms with Crippen LogP contribution in [0.3, 0.4) is 0 Å². The number of H-pyrrole nitrogens is 1. The molecular formula is C14H22N4O2S. The Balaban J connectivity index is 1.57. The number of hydrogen-bond acceptors (Lipinski definition) is 4. The number of nitrogens with one attached hydrogen (secondary N) is 1. The first-order valence-corrected chi connectivity index (χ1v) is 8.70. The Labute approximate surface area is 128 Å². The van der Waals surface area contributed by atoms with Crippen molar-refractivity contribution in [2.24, 2.45) is 0 Å². The number of aromatic nitrogens is 3. The van der Waals surface area contributed by atoms with Crippen molar-refractivity contribution in [1.29, 1.82) is 0 Å². The van der Waals surface area contributed by atoms with Crippen molar-refractivity contribution in [3.05, 3.63) is 10.5 Å². The van der Waals surface area contributed by atoms with Crippen molar-refractivity contribution in [1.82, 2.24) is 19.7 Å². The smallest absolute Gasteiger partial charge is 0.342 e. The van der Waals surface area contributed by atoms with Gasteiger partial charge in [0.15, 0.2) is 5.16 Å². The molecule has 116 valence electrons. The molecule has 0 saturated heterocycles. The molecule has 3 rings (SSSR count).